The van der Waals surface area contributed by atoms with E-state index in [0.29, 0.717) is 30.2 Å². The number of ether oxygens (including phenoxy) is 4. The Morgan fingerprint density at radius 1 is 0.860 bits per heavy atom. The van der Waals surface area contributed by atoms with Crippen LogP contribution in [0.4, 0.5) is 0 Å². The number of imidazole rings is 1. The summed E-state index contributed by atoms with van der Waals surface area (Å²) in [6, 6.07) is 19.5. The van der Waals surface area contributed by atoms with E-state index in [1.165, 1.54) is 5.52 Å². The van der Waals surface area contributed by atoms with Crippen molar-refractivity contribution in [2.75, 3.05) is 34.5 Å². The number of hydrogen-bond acceptors (Lipinski definition) is 6. The van der Waals surface area contributed by atoms with Crippen molar-refractivity contribution in [2.24, 2.45) is 0 Å². The molecule has 0 aliphatic heterocycles. The normalized spacial score (nSPS) is 10.9. The number of carbonyl (C=O) groups is 1. The number of hydrogen-bond donors (Lipinski definition) is 1. The molecule has 0 atom stereocenters. The highest BCUT2D eigenvalue weighted by atomic mass is 16.5. The molecule has 8 nitrogen and oxygen atoms in total. The van der Waals surface area contributed by atoms with Crippen LogP contribution >= 0.6 is 0 Å². The van der Waals surface area contributed by atoms with Crippen molar-refractivity contribution in [1.82, 2.24) is 14.9 Å². The number of fused-ring (bicyclic) bond motifs is 1. The first-order valence-electron chi connectivity index (χ1n) is 14.9. The molecule has 1 amide bonds. The molecule has 4 rings (SSSR count). The third-order valence-electron chi connectivity index (χ3n) is 7.38. The van der Waals surface area contributed by atoms with Crippen molar-refractivity contribution in [2.45, 2.75) is 51.5 Å². The SMILES string of the molecule is C=CCc1ccc(OCCCCn2c(CCCCCNC(=O)c3ccc(OC)c(OC)c3)nc3ccccc32)c(OC)c1. The molecule has 3 aromatic carbocycles. The third kappa shape index (κ3) is 8.53. The largest absolute Gasteiger partial charge is 0.493 e. The summed E-state index contributed by atoms with van der Waals surface area (Å²) < 4.78 is 24.5. The molecule has 228 valence electrons. The maximum atomic E-state index is 12.6. The molecule has 1 N–H and O–H groups in total. The van der Waals surface area contributed by atoms with Gasteiger partial charge in [0, 0.05) is 25.1 Å². The van der Waals surface area contributed by atoms with Gasteiger partial charge in [-0.25, -0.2) is 4.98 Å². The van der Waals surface area contributed by atoms with Crippen molar-refractivity contribution in [3.63, 3.8) is 0 Å². The third-order valence-corrected chi connectivity index (χ3v) is 7.38. The number of nitrogens with one attached hydrogen (secondary N) is 1. The van der Waals surface area contributed by atoms with Gasteiger partial charge in [-0.05, 0) is 80.1 Å². The predicted octanol–water partition coefficient (Wildman–Crippen LogP) is 6.79. The number of nitrogens with zero attached hydrogens (tertiary/aromatic N) is 2. The van der Waals surface area contributed by atoms with Gasteiger partial charge < -0.3 is 28.8 Å². The fourth-order valence-corrected chi connectivity index (χ4v) is 5.11. The molecule has 8 heteroatoms. The first-order chi connectivity index (χ1) is 21.1. The molecule has 0 bridgehead atoms. The average Bonchev–Trinajstić information content (AvgIpc) is 3.39. The van der Waals surface area contributed by atoms with E-state index >= 15 is 0 Å². The van der Waals surface area contributed by atoms with Crippen LogP contribution < -0.4 is 24.3 Å². The van der Waals surface area contributed by atoms with E-state index in [-0.39, 0.29) is 5.91 Å². The number of allylic oxidation sites excluding steroid dienone is 1. The van der Waals surface area contributed by atoms with Crippen LogP contribution in [0.25, 0.3) is 11.0 Å². The fourth-order valence-electron chi connectivity index (χ4n) is 5.11. The van der Waals surface area contributed by atoms with E-state index in [1.54, 1.807) is 39.5 Å². The van der Waals surface area contributed by atoms with Gasteiger partial charge in [0.2, 0.25) is 0 Å². The molecule has 0 fully saturated rings. The number of methoxy groups -OCH3 is 3. The van der Waals surface area contributed by atoms with Crippen LogP contribution in [0.15, 0.2) is 73.3 Å². The molecule has 1 aromatic heterocycles. The van der Waals surface area contributed by atoms with Crippen LogP contribution in [0.5, 0.6) is 23.0 Å². The average molecular weight is 586 g/mol. The zero-order chi connectivity index (χ0) is 30.4. The number of para-hydroxylation sites is 2. The summed E-state index contributed by atoms with van der Waals surface area (Å²) in [7, 11) is 4.81. The van der Waals surface area contributed by atoms with Gasteiger partial charge >= 0.3 is 0 Å². The topological polar surface area (TPSA) is 83.8 Å². The van der Waals surface area contributed by atoms with Gasteiger partial charge in [0.05, 0.1) is 39.0 Å². The second-order valence-electron chi connectivity index (χ2n) is 10.3. The summed E-state index contributed by atoms with van der Waals surface area (Å²) in [6.07, 6.45) is 8.37. The second-order valence-corrected chi connectivity index (χ2v) is 10.3. The van der Waals surface area contributed by atoms with E-state index in [0.717, 1.165) is 79.9 Å². The lowest BCUT2D eigenvalue weighted by molar-refractivity contribution is 0.0952. The first-order valence-corrected chi connectivity index (χ1v) is 14.9. The number of unbranched alkanes of at least 4 members (excludes halogenated alkanes) is 3. The molecule has 43 heavy (non-hydrogen) atoms. The van der Waals surface area contributed by atoms with E-state index in [1.807, 2.05) is 24.3 Å². The number of carbonyl (C=O) groups excluding carboxylic acids is 1. The highest BCUT2D eigenvalue weighted by Crippen LogP contribution is 2.29. The Balaban J connectivity index is 1.23. The fraction of sp³-hybridized carbons (Fsp3) is 0.371. The van der Waals surface area contributed by atoms with Crippen LogP contribution in [0.1, 0.15) is 53.8 Å². The Kier molecular flexibility index (Phi) is 11.9. The number of rotatable bonds is 18. The van der Waals surface area contributed by atoms with E-state index in [9.17, 15) is 4.79 Å². The molecule has 0 aliphatic rings. The Hall–Kier alpha value is -4.46. The van der Waals surface area contributed by atoms with Crippen molar-refractivity contribution < 1.29 is 23.7 Å². The molecule has 0 saturated carbocycles. The summed E-state index contributed by atoms with van der Waals surface area (Å²) in [6.45, 7) is 5.92. The van der Waals surface area contributed by atoms with Gasteiger partial charge in [-0.15, -0.1) is 6.58 Å². The van der Waals surface area contributed by atoms with Gasteiger partial charge in [-0.1, -0.05) is 30.7 Å². The van der Waals surface area contributed by atoms with Crippen LogP contribution in [-0.2, 0) is 19.4 Å². The number of amides is 1. The molecule has 0 spiro atoms. The van der Waals surface area contributed by atoms with Crippen LogP contribution in [0, 0.1) is 0 Å². The summed E-state index contributed by atoms with van der Waals surface area (Å²) in [5.41, 5.74) is 3.90. The van der Waals surface area contributed by atoms with Crippen LogP contribution in [0.3, 0.4) is 0 Å². The maximum Gasteiger partial charge on any atom is 0.251 e. The number of benzene rings is 3. The first kappa shape index (κ1) is 31.5. The minimum Gasteiger partial charge on any atom is -0.493 e. The zero-order valence-electron chi connectivity index (χ0n) is 25.6. The second kappa shape index (κ2) is 16.2. The molecular weight excluding hydrogens is 542 g/mol. The molecular formula is C35H43N3O5. The van der Waals surface area contributed by atoms with Gasteiger partial charge in [0.1, 0.15) is 5.82 Å². The molecule has 0 radical (unpaired) electrons. The quantitative estimate of drug-likeness (QED) is 0.102. The Bertz CT molecular complexity index is 1500. The van der Waals surface area contributed by atoms with Gasteiger partial charge in [-0.3, -0.25) is 4.79 Å². The molecule has 4 aromatic rings. The Labute approximate surface area is 254 Å². The zero-order valence-corrected chi connectivity index (χ0v) is 25.6. The highest BCUT2D eigenvalue weighted by Gasteiger charge is 2.12. The Morgan fingerprint density at radius 3 is 2.42 bits per heavy atom. The van der Waals surface area contributed by atoms with Crippen molar-refractivity contribution in [3.8, 4) is 23.0 Å². The summed E-state index contributed by atoms with van der Waals surface area (Å²) in [5.74, 6) is 3.65. The molecule has 0 aliphatic carbocycles. The summed E-state index contributed by atoms with van der Waals surface area (Å²) in [5, 5.41) is 3.01. The van der Waals surface area contributed by atoms with E-state index in [4.69, 9.17) is 23.9 Å². The lowest BCUT2D eigenvalue weighted by Gasteiger charge is -2.13. The highest BCUT2D eigenvalue weighted by molar-refractivity contribution is 5.94. The van der Waals surface area contributed by atoms with Gasteiger partial charge in [0.25, 0.3) is 5.91 Å². The monoisotopic (exact) mass is 585 g/mol. The molecule has 0 unspecified atom stereocenters. The minimum absolute atomic E-state index is 0.116. The van der Waals surface area contributed by atoms with Gasteiger partial charge in [-0.2, -0.15) is 0 Å². The maximum absolute atomic E-state index is 12.6. The lowest BCUT2D eigenvalue weighted by Crippen LogP contribution is -2.24. The lowest BCUT2D eigenvalue weighted by atomic mass is 10.1. The smallest absolute Gasteiger partial charge is 0.251 e. The Morgan fingerprint density at radius 2 is 1.63 bits per heavy atom. The number of aryl methyl sites for hydroxylation is 2. The molecule has 1 heterocycles. The standard InChI is InChI=1S/C35H43N3O5/c1-5-13-26-17-19-31(32(24-26)41-3)43-23-12-11-22-38-29-15-9-8-14-28(29)37-34(38)16-7-6-10-21-36-35(39)27-18-20-30(40-2)33(25-27)42-4/h5,8-9,14-15,17-20,24-25H,1,6-7,10-13,16,21-23H2,2-4H3,(H,36,39). The van der Waals surface area contributed by atoms with Crippen LogP contribution in [-0.4, -0.2) is 49.9 Å². The van der Waals surface area contributed by atoms with Crippen molar-refractivity contribution in [1.29, 1.82) is 0 Å². The van der Waals surface area contributed by atoms with Gasteiger partial charge in [0.15, 0.2) is 23.0 Å². The minimum atomic E-state index is -0.116. The van der Waals surface area contributed by atoms with Crippen LogP contribution in [0.2, 0.25) is 0 Å². The number of aromatic nitrogens is 2. The van der Waals surface area contributed by atoms with Crippen molar-refractivity contribution >= 4 is 16.9 Å². The van der Waals surface area contributed by atoms with E-state index in [2.05, 4.69) is 40.7 Å². The molecule has 0 saturated heterocycles. The predicted molar refractivity (Wildman–Crippen MR) is 171 cm³/mol. The summed E-state index contributed by atoms with van der Waals surface area (Å²) in [4.78, 5) is 17.5. The van der Waals surface area contributed by atoms with E-state index < -0.39 is 0 Å². The van der Waals surface area contributed by atoms with Crippen molar-refractivity contribution in [3.05, 3.63) is 90.3 Å². The summed E-state index contributed by atoms with van der Waals surface area (Å²) >= 11 is 0.